The molecule has 88 heavy (non-hydrogen) atoms. The highest BCUT2D eigenvalue weighted by Crippen LogP contribution is 2.54. The average Bonchev–Trinajstić information content (AvgIpc) is 2.50. The van der Waals surface area contributed by atoms with Crippen LogP contribution in [0.3, 0.4) is 0 Å². The van der Waals surface area contributed by atoms with Gasteiger partial charge < -0.3 is 56.3 Å². The van der Waals surface area contributed by atoms with Gasteiger partial charge in [-0.3, -0.25) is 0 Å². The molecule has 6 fully saturated rings. The van der Waals surface area contributed by atoms with Crippen LogP contribution in [-0.4, -0.2) is 159 Å². The Hall–Kier alpha value is -7.94. The van der Waals surface area contributed by atoms with E-state index in [4.69, 9.17) is 61.0 Å². The molecule has 0 spiro atoms. The monoisotopic (exact) mass is 1220 g/mol. The Morgan fingerprint density at radius 2 is 1.14 bits per heavy atom. The highest BCUT2D eigenvalue weighted by Gasteiger charge is 2.50. The van der Waals surface area contributed by atoms with E-state index in [9.17, 15) is 14.6 Å². The van der Waals surface area contributed by atoms with E-state index in [1.54, 1.807) is 71.7 Å². The number of imidazole rings is 3. The molecule has 8 N–H and O–H groups in total. The quantitative estimate of drug-likeness (QED) is 0.0395. The van der Waals surface area contributed by atoms with Gasteiger partial charge in [0, 0.05) is 84.8 Å². The molecule has 6 unspecified atom stereocenters. The van der Waals surface area contributed by atoms with Gasteiger partial charge >= 0.3 is 0 Å². The number of aliphatic hydroxyl groups excluding tert-OH is 2. The van der Waals surface area contributed by atoms with Gasteiger partial charge in [-0.2, -0.15) is 15.3 Å². The van der Waals surface area contributed by atoms with Crippen LogP contribution in [-0.2, 0) is 13.2 Å². The van der Waals surface area contributed by atoms with E-state index in [-0.39, 0.29) is 55.5 Å². The van der Waals surface area contributed by atoms with Crippen molar-refractivity contribution in [3.63, 3.8) is 0 Å². The normalized spacial score (nSPS) is 26.1. The van der Waals surface area contributed by atoms with Gasteiger partial charge in [-0.15, -0.1) is 0 Å². The Kier molecular flexibility index (Phi) is 14.9. The van der Waals surface area contributed by atoms with Crippen molar-refractivity contribution in [3.8, 4) is 51.4 Å². The van der Waals surface area contributed by atoms with Gasteiger partial charge in [0.05, 0.1) is 81.6 Å². The Bertz CT molecular complexity index is 4100. The first-order valence-corrected chi connectivity index (χ1v) is 30.8. The first-order chi connectivity index (χ1) is 43.0. The molecular formula is C62H69ClF2N18O5. The summed E-state index contributed by atoms with van der Waals surface area (Å²) in [5, 5.41) is 57.5. The van der Waals surface area contributed by atoms with Crippen molar-refractivity contribution in [2.45, 2.75) is 125 Å². The number of piperidine rings is 3. The molecule has 0 aromatic carbocycles. The molecule has 0 radical (unpaired) electrons. The number of nitrogens with zero attached hydrogens (tertiary/aromatic N) is 12. The molecule has 3 saturated carbocycles. The van der Waals surface area contributed by atoms with Gasteiger partial charge in [0.1, 0.15) is 86.9 Å². The summed E-state index contributed by atoms with van der Waals surface area (Å²) in [5.74, 6) is 4.49. The number of hydrogen-bond acceptors (Lipinski definition) is 20. The van der Waals surface area contributed by atoms with Crippen LogP contribution in [0.1, 0.15) is 97.3 Å². The molecule has 23 nitrogen and oxygen atoms in total. The first kappa shape index (κ1) is 56.6. The minimum absolute atomic E-state index is 0.0107. The van der Waals surface area contributed by atoms with Gasteiger partial charge in [-0.1, -0.05) is 23.7 Å². The van der Waals surface area contributed by atoms with Crippen molar-refractivity contribution in [2.24, 2.45) is 11.8 Å². The third-order valence-electron chi connectivity index (χ3n) is 18.8. The van der Waals surface area contributed by atoms with Crippen molar-refractivity contribution in [1.82, 2.24) is 74.7 Å². The maximum atomic E-state index is 16.5. The third kappa shape index (κ3) is 10.6. The van der Waals surface area contributed by atoms with Gasteiger partial charge in [0.15, 0.2) is 16.9 Å². The summed E-state index contributed by atoms with van der Waals surface area (Å²) in [6.45, 7) is 1.71. The lowest BCUT2D eigenvalue weighted by Gasteiger charge is -2.34. The largest absolute Gasteiger partial charge is 0.495 e. The molecule has 15 rings (SSSR count). The smallest absolute Gasteiger partial charge is 0.157 e. The van der Waals surface area contributed by atoms with Gasteiger partial charge in [0.25, 0.3) is 0 Å². The molecule has 6 aliphatic rings. The summed E-state index contributed by atoms with van der Waals surface area (Å²) in [6.07, 6.45) is 9.33. The summed E-state index contributed by atoms with van der Waals surface area (Å²) < 4.78 is 54.0. The zero-order chi connectivity index (χ0) is 59.9. The van der Waals surface area contributed by atoms with E-state index in [2.05, 4.69) is 41.9 Å². The number of pyridine rings is 3. The zero-order valence-corrected chi connectivity index (χ0v) is 49.6. The average molecular weight is 1220 g/mol. The van der Waals surface area contributed by atoms with Crippen LogP contribution in [0, 0.1) is 11.8 Å². The van der Waals surface area contributed by atoms with E-state index in [0.29, 0.717) is 141 Å². The highest BCUT2D eigenvalue weighted by atomic mass is 35.5. The maximum absolute atomic E-state index is 16.5. The second-order valence-corrected chi connectivity index (χ2v) is 24.7. The summed E-state index contributed by atoms with van der Waals surface area (Å²) in [5.41, 5.74) is 9.27. The minimum atomic E-state index is -1.20. The minimum Gasteiger partial charge on any atom is -0.495 e. The molecule has 9 aromatic rings. The number of rotatable bonds is 19. The lowest BCUT2D eigenvalue weighted by Crippen LogP contribution is -2.52. The Morgan fingerprint density at radius 1 is 0.580 bits per heavy atom. The van der Waals surface area contributed by atoms with Crippen LogP contribution in [0.4, 0.5) is 26.2 Å². The Labute approximate surface area is 509 Å². The fourth-order valence-electron chi connectivity index (χ4n) is 13.6. The van der Waals surface area contributed by atoms with Crippen LogP contribution in [0.25, 0.3) is 51.1 Å². The number of aromatic nitrogens is 12. The van der Waals surface area contributed by atoms with E-state index in [1.807, 2.05) is 36.4 Å². The zero-order valence-electron chi connectivity index (χ0n) is 48.9. The second kappa shape index (κ2) is 23.2. The fraction of sp³-hybridized carbons (Fsp3) is 0.468. The maximum Gasteiger partial charge on any atom is 0.157 e. The van der Waals surface area contributed by atoms with E-state index in [0.717, 1.165) is 61.4 Å². The standard InChI is InChI=1S/C62H69ClF2N18O5/c1-86-50-19-54-69-25-47(81(54)78-57(50)30-4-5-30)43-11-7-32(29-85)62(75-43)76-46-24-68-44(18-40(46)65)35-17-37(35)59-51(87-2)20-55-70-26-48(82(55)79-59)42-10-6-31(28-84)61(74-42)72-33-8-12-41(67-22-33)34-16-36(34)58-52(88-3)21-56-71-27-49(83(56)80-58)60-38(63)9-13-53(77-60)73-45-23-66-15-14-39(45)64/h6-7,9-11,13,19-21,25-27,30,33-37,39-41,44-46,66-68,84-85H,4-5,8,12,14-18,22-24,28-29H2,1-3H3,(H,72,74)(H,73,77)(H,75,76)/t33-,34?,35?,36?,37?,39+,40+,41?,44?,45+,46+/m1/s1. The van der Waals surface area contributed by atoms with Gasteiger partial charge in [-0.25, -0.2) is 52.2 Å². The van der Waals surface area contributed by atoms with Crippen LogP contribution < -0.4 is 46.1 Å². The lowest BCUT2D eigenvalue weighted by molar-refractivity contribution is 0.192. The van der Waals surface area contributed by atoms with Crippen molar-refractivity contribution >= 4 is 46.0 Å². The number of fused-ring (bicyclic) bond motifs is 3. The SMILES string of the molecule is COc1cc2ncc(-c3ccc(CO)c(N[C@H]4CNC(C5CC5c5nn6c(-c7ccc(CO)c(N[C@@H]8CCC(C9CC9c9nn%10c(-c%11nc(N[C@H]%12CNCC[C@@H]%12F)ccc%11Cl)cnc%10cc9OC)NC8)n7)cnc6cc5OC)C[C@@H]4F)n3)n2nc1C1CC1. The number of halogens is 3. The molecule has 0 amide bonds. The predicted octanol–water partition coefficient (Wildman–Crippen LogP) is 7.27. The number of aliphatic hydroxyl groups is 2. The molecule has 9 aromatic heterocycles. The van der Waals surface area contributed by atoms with E-state index in [1.165, 1.54) is 0 Å². The first-order valence-electron chi connectivity index (χ1n) is 30.5. The number of nitrogens with one attached hydrogen (secondary N) is 6. The molecule has 458 valence electrons. The second-order valence-electron chi connectivity index (χ2n) is 24.3. The number of methoxy groups -OCH3 is 3. The van der Waals surface area contributed by atoms with Crippen LogP contribution in [0.5, 0.6) is 17.2 Å². The molecule has 11 atom stereocenters. The summed E-state index contributed by atoms with van der Waals surface area (Å²) in [6, 6.07) is 15.8. The van der Waals surface area contributed by atoms with Gasteiger partial charge in [0.2, 0.25) is 0 Å². The number of anilines is 3. The van der Waals surface area contributed by atoms with Crippen molar-refractivity contribution in [2.75, 3.05) is 63.5 Å². The van der Waals surface area contributed by atoms with Crippen LogP contribution >= 0.6 is 11.6 Å². The third-order valence-corrected chi connectivity index (χ3v) is 19.1. The molecular weight excluding hydrogens is 1150 g/mol. The number of ether oxygens (including phenoxy) is 3. The van der Waals surface area contributed by atoms with Crippen LogP contribution in [0.15, 0.2) is 73.2 Å². The Morgan fingerprint density at radius 3 is 1.70 bits per heavy atom. The fourth-order valence-corrected chi connectivity index (χ4v) is 13.8. The number of alkyl halides is 2. The van der Waals surface area contributed by atoms with E-state index < -0.39 is 24.4 Å². The highest BCUT2D eigenvalue weighted by molar-refractivity contribution is 6.33. The molecule has 26 heteroatoms. The van der Waals surface area contributed by atoms with Crippen molar-refractivity contribution < 1.29 is 33.2 Å². The molecule has 12 heterocycles. The summed E-state index contributed by atoms with van der Waals surface area (Å²) >= 11 is 6.76. The van der Waals surface area contributed by atoms with E-state index >= 15 is 4.39 Å². The van der Waals surface area contributed by atoms with Crippen LogP contribution in [0.2, 0.25) is 5.02 Å². The molecule has 0 bridgehead atoms. The topological polar surface area (TPSA) is 270 Å². The summed E-state index contributed by atoms with van der Waals surface area (Å²) in [4.78, 5) is 28.8. The van der Waals surface area contributed by atoms with Crippen molar-refractivity contribution in [1.29, 1.82) is 0 Å². The Balaban J connectivity index is 0.594. The van der Waals surface area contributed by atoms with Gasteiger partial charge in [-0.05, 0) is 94.0 Å². The van der Waals surface area contributed by atoms with Crippen molar-refractivity contribution in [3.05, 3.63) is 106 Å². The lowest BCUT2D eigenvalue weighted by atomic mass is 9.94. The molecule has 3 aliphatic carbocycles. The molecule has 3 aliphatic heterocycles. The predicted molar refractivity (Wildman–Crippen MR) is 326 cm³/mol. The molecule has 3 saturated heterocycles. The summed E-state index contributed by atoms with van der Waals surface area (Å²) in [7, 11) is 4.93. The number of hydrogen-bond donors (Lipinski definition) is 8.